The Morgan fingerprint density at radius 2 is 2.16 bits per heavy atom. The van der Waals surface area contributed by atoms with Crippen molar-refractivity contribution in [2.75, 3.05) is 11.9 Å². The van der Waals surface area contributed by atoms with E-state index in [2.05, 4.69) is 12.2 Å². The zero-order valence-electron chi connectivity index (χ0n) is 11.9. The summed E-state index contributed by atoms with van der Waals surface area (Å²) >= 11 is 0. The molecule has 1 N–H and O–H groups in total. The molecule has 0 fully saturated rings. The molecule has 19 heavy (non-hydrogen) atoms. The van der Waals surface area contributed by atoms with Gasteiger partial charge in [0.25, 0.3) is 0 Å². The van der Waals surface area contributed by atoms with Crippen LogP contribution in [0, 0.1) is 5.92 Å². The van der Waals surface area contributed by atoms with Gasteiger partial charge in [0, 0.05) is 11.8 Å². The number of nitrogens with one attached hydrogen (secondary N) is 1. The lowest BCUT2D eigenvalue weighted by molar-refractivity contribution is 0.0636. The first-order valence-electron chi connectivity index (χ1n) is 6.59. The number of hydrogen-bond donors (Lipinski definition) is 1. The van der Waals surface area contributed by atoms with Crippen molar-refractivity contribution in [3.8, 4) is 5.75 Å². The highest BCUT2D eigenvalue weighted by Gasteiger charge is 2.19. The average molecular weight is 263 g/mol. The number of carbonyl (C=O) groups excluding carboxylic acids is 1. The number of hydrogen-bond acceptors (Lipinski definition) is 3. The van der Waals surface area contributed by atoms with Gasteiger partial charge < -0.3 is 9.47 Å². The summed E-state index contributed by atoms with van der Waals surface area (Å²) < 4.78 is 10.9. The SMILES string of the molecule is CC1COc2cc(NC(=O)OC(C)(C)C)ccc2C1. The number of rotatable bonds is 1. The van der Waals surface area contributed by atoms with Crippen molar-refractivity contribution < 1.29 is 14.3 Å². The summed E-state index contributed by atoms with van der Waals surface area (Å²) in [6.45, 7) is 8.40. The Morgan fingerprint density at radius 3 is 2.84 bits per heavy atom. The monoisotopic (exact) mass is 263 g/mol. The molecular formula is C15H21NO3. The lowest BCUT2D eigenvalue weighted by atomic mass is 9.98. The van der Waals surface area contributed by atoms with Gasteiger partial charge in [-0.25, -0.2) is 4.79 Å². The molecule has 104 valence electrons. The molecule has 0 spiro atoms. The van der Waals surface area contributed by atoms with Crippen LogP contribution in [0.25, 0.3) is 0 Å². The number of ether oxygens (including phenoxy) is 2. The minimum Gasteiger partial charge on any atom is -0.493 e. The van der Waals surface area contributed by atoms with Crippen LogP contribution in [0.4, 0.5) is 10.5 Å². The third-order valence-electron chi connectivity index (χ3n) is 2.80. The van der Waals surface area contributed by atoms with Gasteiger partial charge in [-0.3, -0.25) is 5.32 Å². The third kappa shape index (κ3) is 3.88. The first kappa shape index (κ1) is 13.7. The van der Waals surface area contributed by atoms with Crippen LogP contribution in [0.1, 0.15) is 33.3 Å². The summed E-state index contributed by atoms with van der Waals surface area (Å²) in [6.07, 6.45) is 0.568. The summed E-state index contributed by atoms with van der Waals surface area (Å²) in [5, 5.41) is 2.72. The van der Waals surface area contributed by atoms with E-state index in [1.807, 2.05) is 39.0 Å². The van der Waals surface area contributed by atoms with Gasteiger partial charge in [-0.2, -0.15) is 0 Å². The Hall–Kier alpha value is -1.71. The smallest absolute Gasteiger partial charge is 0.412 e. The number of amides is 1. The quantitative estimate of drug-likeness (QED) is 0.842. The first-order valence-corrected chi connectivity index (χ1v) is 6.59. The summed E-state index contributed by atoms with van der Waals surface area (Å²) in [7, 11) is 0. The van der Waals surface area contributed by atoms with E-state index in [-0.39, 0.29) is 0 Å². The van der Waals surface area contributed by atoms with Crippen molar-refractivity contribution in [3.05, 3.63) is 23.8 Å². The van der Waals surface area contributed by atoms with Crippen LogP contribution in [0.15, 0.2) is 18.2 Å². The first-order chi connectivity index (χ1) is 8.83. The highest BCUT2D eigenvalue weighted by molar-refractivity contribution is 5.85. The van der Waals surface area contributed by atoms with Crippen LogP contribution in [-0.2, 0) is 11.2 Å². The zero-order valence-corrected chi connectivity index (χ0v) is 11.9. The molecule has 1 atom stereocenters. The number of benzene rings is 1. The fraction of sp³-hybridized carbons (Fsp3) is 0.533. The van der Waals surface area contributed by atoms with E-state index in [1.165, 1.54) is 5.56 Å². The Morgan fingerprint density at radius 1 is 1.42 bits per heavy atom. The minimum absolute atomic E-state index is 0.448. The topological polar surface area (TPSA) is 47.6 Å². The van der Waals surface area contributed by atoms with Gasteiger partial charge in [0.05, 0.1) is 6.61 Å². The second kappa shape index (κ2) is 5.11. The van der Waals surface area contributed by atoms with E-state index in [4.69, 9.17) is 9.47 Å². The Bertz CT molecular complexity index is 477. The zero-order chi connectivity index (χ0) is 14.0. The van der Waals surface area contributed by atoms with E-state index < -0.39 is 11.7 Å². The molecule has 1 aliphatic heterocycles. The molecule has 1 amide bonds. The Kier molecular flexibility index (Phi) is 3.69. The number of anilines is 1. The van der Waals surface area contributed by atoms with Gasteiger partial charge in [-0.1, -0.05) is 13.0 Å². The predicted octanol–water partition coefficient (Wildman–Crippen LogP) is 3.60. The molecule has 2 rings (SSSR count). The molecule has 0 aromatic heterocycles. The van der Waals surface area contributed by atoms with Gasteiger partial charge in [0.2, 0.25) is 0 Å². The van der Waals surface area contributed by atoms with Gasteiger partial charge in [0.1, 0.15) is 11.4 Å². The Labute approximate surface area is 114 Å². The molecule has 0 saturated heterocycles. The molecule has 0 radical (unpaired) electrons. The van der Waals surface area contributed by atoms with Crippen LogP contribution in [0.3, 0.4) is 0 Å². The highest BCUT2D eigenvalue weighted by atomic mass is 16.6. The summed E-state index contributed by atoms with van der Waals surface area (Å²) in [5.74, 6) is 1.39. The summed E-state index contributed by atoms with van der Waals surface area (Å²) in [4.78, 5) is 11.7. The second-order valence-corrected chi connectivity index (χ2v) is 6.07. The van der Waals surface area contributed by atoms with Crippen molar-refractivity contribution in [1.29, 1.82) is 0 Å². The molecule has 1 aromatic rings. The van der Waals surface area contributed by atoms with Crippen LogP contribution >= 0.6 is 0 Å². The van der Waals surface area contributed by atoms with Gasteiger partial charge in [0.15, 0.2) is 0 Å². The van der Waals surface area contributed by atoms with E-state index in [1.54, 1.807) is 0 Å². The molecule has 4 heteroatoms. The van der Waals surface area contributed by atoms with Crippen molar-refractivity contribution >= 4 is 11.8 Å². The summed E-state index contributed by atoms with van der Waals surface area (Å²) in [6, 6.07) is 5.73. The second-order valence-electron chi connectivity index (χ2n) is 6.07. The third-order valence-corrected chi connectivity index (χ3v) is 2.80. The fourth-order valence-electron chi connectivity index (χ4n) is 2.02. The highest BCUT2D eigenvalue weighted by Crippen LogP contribution is 2.30. The molecule has 1 aromatic carbocycles. The molecule has 0 saturated carbocycles. The van der Waals surface area contributed by atoms with E-state index in [0.29, 0.717) is 11.6 Å². The standard InChI is InChI=1S/C15H21NO3/c1-10-7-11-5-6-12(8-13(11)18-9-10)16-14(17)19-15(2,3)4/h5-6,8,10H,7,9H2,1-4H3,(H,16,17). The molecule has 1 unspecified atom stereocenters. The molecule has 1 heterocycles. The van der Waals surface area contributed by atoms with Crippen LogP contribution in [0.2, 0.25) is 0 Å². The normalized spacial score (nSPS) is 18.2. The van der Waals surface area contributed by atoms with Crippen LogP contribution in [0.5, 0.6) is 5.75 Å². The maximum atomic E-state index is 11.7. The molecule has 0 aliphatic carbocycles. The van der Waals surface area contributed by atoms with Crippen LogP contribution in [-0.4, -0.2) is 18.3 Å². The minimum atomic E-state index is -0.496. The fourth-order valence-corrected chi connectivity index (χ4v) is 2.02. The lowest BCUT2D eigenvalue weighted by Gasteiger charge is -2.23. The molecule has 4 nitrogen and oxygen atoms in total. The van der Waals surface area contributed by atoms with Gasteiger partial charge in [-0.05, 0) is 44.7 Å². The average Bonchev–Trinajstić information content (AvgIpc) is 2.26. The molecule has 0 bridgehead atoms. The van der Waals surface area contributed by atoms with E-state index in [0.717, 1.165) is 18.8 Å². The van der Waals surface area contributed by atoms with Gasteiger partial charge in [-0.15, -0.1) is 0 Å². The Balaban J connectivity index is 2.04. The van der Waals surface area contributed by atoms with Crippen LogP contribution < -0.4 is 10.1 Å². The van der Waals surface area contributed by atoms with Crippen molar-refractivity contribution in [2.24, 2.45) is 5.92 Å². The van der Waals surface area contributed by atoms with Crippen molar-refractivity contribution in [2.45, 2.75) is 39.7 Å². The summed E-state index contributed by atoms with van der Waals surface area (Å²) in [5.41, 5.74) is 1.39. The maximum Gasteiger partial charge on any atom is 0.412 e. The lowest BCUT2D eigenvalue weighted by Crippen LogP contribution is -2.27. The van der Waals surface area contributed by atoms with Crippen molar-refractivity contribution in [3.63, 3.8) is 0 Å². The molecule has 1 aliphatic rings. The van der Waals surface area contributed by atoms with E-state index in [9.17, 15) is 4.79 Å². The van der Waals surface area contributed by atoms with Gasteiger partial charge >= 0.3 is 6.09 Å². The van der Waals surface area contributed by atoms with E-state index >= 15 is 0 Å². The number of fused-ring (bicyclic) bond motifs is 1. The molecular weight excluding hydrogens is 242 g/mol. The predicted molar refractivity (Wildman–Crippen MR) is 74.7 cm³/mol. The maximum absolute atomic E-state index is 11.7. The van der Waals surface area contributed by atoms with Crippen molar-refractivity contribution in [1.82, 2.24) is 0 Å². The number of carbonyl (C=O) groups is 1. The largest absolute Gasteiger partial charge is 0.493 e.